The zero-order chi connectivity index (χ0) is 22.2. The van der Waals surface area contributed by atoms with Crippen molar-refractivity contribution in [3.05, 3.63) is 96.3 Å². The molecule has 0 atom stereocenters. The van der Waals surface area contributed by atoms with Crippen molar-refractivity contribution in [1.82, 2.24) is 0 Å². The third-order valence-electron chi connectivity index (χ3n) is 4.32. The van der Waals surface area contributed by atoms with Crippen LogP contribution >= 0.6 is 0 Å². The second-order valence-corrected chi connectivity index (χ2v) is 6.78. The van der Waals surface area contributed by atoms with Crippen LogP contribution in [0.2, 0.25) is 0 Å². The maximum absolute atomic E-state index is 12.5. The number of esters is 1. The van der Waals surface area contributed by atoms with Crippen molar-refractivity contribution in [3.8, 4) is 5.75 Å². The molecule has 2 rings (SSSR count). The molecule has 0 bridgehead atoms. The summed E-state index contributed by atoms with van der Waals surface area (Å²) in [6.45, 7) is 5.04. The zero-order valence-electron chi connectivity index (χ0n) is 18.5. The normalized spacial score (nSPS) is 11.7. The zero-order valence-corrected chi connectivity index (χ0v) is 18.5. The number of hydrogen-bond acceptors (Lipinski definition) is 4. The lowest BCUT2D eigenvalue weighted by molar-refractivity contribution is 0.0508. The van der Waals surface area contributed by atoms with Gasteiger partial charge in [-0.25, -0.2) is 4.79 Å². The molecule has 31 heavy (non-hydrogen) atoms. The first-order chi connectivity index (χ1) is 15.3. The molecule has 0 aliphatic rings. The first kappa shape index (κ1) is 24.0. The number of carbonyl (C=O) groups excluding carboxylic acids is 1. The van der Waals surface area contributed by atoms with Gasteiger partial charge in [0.1, 0.15) is 17.6 Å². The molecule has 0 spiro atoms. The van der Waals surface area contributed by atoms with E-state index in [1.165, 1.54) is 0 Å². The molecule has 0 fully saturated rings. The van der Waals surface area contributed by atoms with E-state index in [0.717, 1.165) is 24.8 Å². The first-order valence-corrected chi connectivity index (χ1v) is 10.9. The summed E-state index contributed by atoms with van der Waals surface area (Å²) >= 11 is 0. The van der Waals surface area contributed by atoms with Crippen molar-refractivity contribution < 1.29 is 19.0 Å². The van der Waals surface area contributed by atoms with Crippen molar-refractivity contribution in [3.63, 3.8) is 0 Å². The second kappa shape index (κ2) is 14.7. The fraction of sp³-hybridized carbons (Fsp3) is 0.296. The number of carbonyl (C=O) groups is 1. The Balaban J connectivity index is 2.09. The van der Waals surface area contributed by atoms with Gasteiger partial charge >= 0.3 is 5.97 Å². The van der Waals surface area contributed by atoms with Gasteiger partial charge in [0.2, 0.25) is 0 Å². The summed E-state index contributed by atoms with van der Waals surface area (Å²) in [6, 6.07) is 16.8. The van der Waals surface area contributed by atoms with Gasteiger partial charge in [0.05, 0.1) is 13.2 Å². The molecule has 0 aromatic heterocycles. The van der Waals surface area contributed by atoms with Gasteiger partial charge in [-0.05, 0) is 37.8 Å². The highest BCUT2D eigenvalue weighted by molar-refractivity contribution is 5.92. The third kappa shape index (κ3) is 8.95. The number of hydrogen-bond donors (Lipinski definition) is 0. The van der Waals surface area contributed by atoms with E-state index >= 15 is 0 Å². The molecule has 0 amide bonds. The van der Waals surface area contributed by atoms with Gasteiger partial charge in [0, 0.05) is 5.56 Å². The van der Waals surface area contributed by atoms with E-state index in [1.807, 2.05) is 42.5 Å². The molecule has 4 nitrogen and oxygen atoms in total. The van der Waals surface area contributed by atoms with Crippen LogP contribution in [0, 0.1) is 0 Å². The van der Waals surface area contributed by atoms with E-state index in [9.17, 15) is 4.79 Å². The number of ether oxygens (including phenoxy) is 3. The molecule has 0 radical (unpaired) electrons. The quantitative estimate of drug-likeness (QED) is 0.152. The van der Waals surface area contributed by atoms with Crippen molar-refractivity contribution in [2.75, 3.05) is 13.2 Å². The standard InChI is InChI=1S/C27H32O4/c1-3-5-7-14-20-29-26(23-16-10-9-11-17-23)22-31-25-19-13-12-18-24(25)27(28)30-21-15-8-6-4-2/h5-13,16-19,22H,3-4,14-15,20-21H2,1-2H3/b7-5-,8-6?,26-22?. The number of benzene rings is 2. The Morgan fingerprint density at radius 1 is 0.774 bits per heavy atom. The van der Waals surface area contributed by atoms with Gasteiger partial charge in [0.15, 0.2) is 5.76 Å². The average Bonchev–Trinajstić information content (AvgIpc) is 2.81. The highest BCUT2D eigenvalue weighted by Gasteiger charge is 2.13. The average molecular weight is 421 g/mol. The summed E-state index contributed by atoms with van der Waals surface area (Å²) in [5.74, 6) is 0.638. The first-order valence-electron chi connectivity index (χ1n) is 10.9. The molecule has 0 unspecified atom stereocenters. The highest BCUT2D eigenvalue weighted by Crippen LogP contribution is 2.22. The maximum Gasteiger partial charge on any atom is 0.341 e. The van der Waals surface area contributed by atoms with Crippen LogP contribution in [-0.2, 0) is 9.47 Å². The fourth-order valence-corrected chi connectivity index (χ4v) is 2.75. The summed E-state index contributed by atoms with van der Waals surface area (Å²) in [4.78, 5) is 12.5. The van der Waals surface area contributed by atoms with Crippen molar-refractivity contribution in [1.29, 1.82) is 0 Å². The van der Waals surface area contributed by atoms with Crippen LogP contribution in [-0.4, -0.2) is 19.2 Å². The minimum Gasteiger partial charge on any atom is -0.489 e. The predicted octanol–water partition coefficient (Wildman–Crippen LogP) is 6.95. The highest BCUT2D eigenvalue weighted by atomic mass is 16.5. The van der Waals surface area contributed by atoms with Crippen molar-refractivity contribution in [2.45, 2.75) is 39.5 Å². The van der Waals surface area contributed by atoms with E-state index in [-0.39, 0.29) is 0 Å². The van der Waals surface area contributed by atoms with Crippen LogP contribution in [0.3, 0.4) is 0 Å². The van der Waals surface area contributed by atoms with Crippen LogP contribution < -0.4 is 4.74 Å². The molecule has 0 saturated carbocycles. The molecule has 0 N–H and O–H groups in total. The lowest BCUT2D eigenvalue weighted by atomic mass is 10.2. The van der Waals surface area contributed by atoms with Gasteiger partial charge in [-0.1, -0.05) is 80.6 Å². The summed E-state index contributed by atoms with van der Waals surface area (Å²) in [6.07, 6.45) is 13.3. The van der Waals surface area contributed by atoms with Crippen LogP contribution in [0.1, 0.15) is 55.5 Å². The van der Waals surface area contributed by atoms with Gasteiger partial charge < -0.3 is 14.2 Å². The molecule has 4 heteroatoms. The number of rotatable bonds is 13. The molecule has 0 aliphatic carbocycles. The SMILES string of the molecule is CCC=CCCOC(=O)c1ccccc1OC=C(OCC/C=C\CC)c1ccccc1. The van der Waals surface area contributed by atoms with E-state index in [2.05, 4.69) is 32.1 Å². The largest absolute Gasteiger partial charge is 0.489 e. The van der Waals surface area contributed by atoms with Crippen molar-refractivity contribution >= 4 is 11.7 Å². The van der Waals surface area contributed by atoms with E-state index in [0.29, 0.717) is 36.7 Å². The molecular formula is C27H32O4. The minimum atomic E-state index is -0.402. The number of allylic oxidation sites excluding steroid dienone is 2. The molecule has 164 valence electrons. The molecule has 2 aromatic rings. The van der Waals surface area contributed by atoms with Gasteiger partial charge in [-0.3, -0.25) is 0 Å². The Bertz CT molecular complexity index is 866. The van der Waals surface area contributed by atoms with Crippen LogP contribution in [0.25, 0.3) is 5.76 Å². The van der Waals surface area contributed by atoms with E-state index < -0.39 is 5.97 Å². The Kier molecular flexibility index (Phi) is 11.4. The van der Waals surface area contributed by atoms with E-state index in [4.69, 9.17) is 14.2 Å². The molecule has 0 aliphatic heterocycles. The Labute approximate surface area is 185 Å². The number of para-hydroxylation sites is 1. The minimum absolute atomic E-state index is 0.336. The Morgan fingerprint density at radius 2 is 1.39 bits per heavy atom. The van der Waals surface area contributed by atoms with Gasteiger partial charge in [0.25, 0.3) is 0 Å². The molecule has 2 aromatic carbocycles. The van der Waals surface area contributed by atoms with E-state index in [1.54, 1.807) is 24.5 Å². The van der Waals surface area contributed by atoms with Crippen LogP contribution in [0.15, 0.2) is 85.2 Å². The summed E-state index contributed by atoms with van der Waals surface area (Å²) in [5.41, 5.74) is 1.29. The fourth-order valence-electron chi connectivity index (χ4n) is 2.75. The summed E-state index contributed by atoms with van der Waals surface area (Å²) in [5, 5.41) is 0. The topological polar surface area (TPSA) is 44.8 Å². The molecular weight excluding hydrogens is 388 g/mol. The Hall–Kier alpha value is -3.27. The maximum atomic E-state index is 12.5. The van der Waals surface area contributed by atoms with Gasteiger partial charge in [-0.15, -0.1) is 0 Å². The van der Waals surface area contributed by atoms with Crippen LogP contribution in [0.5, 0.6) is 5.75 Å². The smallest absolute Gasteiger partial charge is 0.341 e. The summed E-state index contributed by atoms with van der Waals surface area (Å²) in [7, 11) is 0. The third-order valence-corrected chi connectivity index (χ3v) is 4.32. The van der Waals surface area contributed by atoms with Crippen molar-refractivity contribution in [2.24, 2.45) is 0 Å². The van der Waals surface area contributed by atoms with Gasteiger partial charge in [-0.2, -0.15) is 0 Å². The monoisotopic (exact) mass is 420 g/mol. The lowest BCUT2D eigenvalue weighted by Crippen LogP contribution is -2.08. The Morgan fingerprint density at radius 3 is 2.06 bits per heavy atom. The summed E-state index contributed by atoms with van der Waals surface area (Å²) < 4.78 is 17.2. The predicted molar refractivity (Wildman–Crippen MR) is 126 cm³/mol. The second-order valence-electron chi connectivity index (χ2n) is 6.78. The molecule has 0 saturated heterocycles. The lowest BCUT2D eigenvalue weighted by Gasteiger charge is -2.12. The molecule has 0 heterocycles. The van der Waals surface area contributed by atoms with Crippen LogP contribution in [0.4, 0.5) is 0 Å².